The minimum absolute atomic E-state index is 0.0767. The van der Waals surface area contributed by atoms with E-state index in [1.165, 1.54) is 0 Å². The lowest BCUT2D eigenvalue weighted by molar-refractivity contribution is -0.143. The Hall–Kier alpha value is -1.30. The van der Waals surface area contributed by atoms with Crippen molar-refractivity contribution < 1.29 is 19.4 Å². The van der Waals surface area contributed by atoms with Gasteiger partial charge in [-0.2, -0.15) is 0 Å². The van der Waals surface area contributed by atoms with Crippen molar-refractivity contribution in [1.29, 1.82) is 0 Å². The Morgan fingerprint density at radius 1 is 1.47 bits per heavy atom. The van der Waals surface area contributed by atoms with Gasteiger partial charge in [-0.1, -0.05) is 0 Å². The summed E-state index contributed by atoms with van der Waals surface area (Å²) < 4.78 is 5.01. The first kappa shape index (κ1) is 15.8. The van der Waals surface area contributed by atoms with Crippen LogP contribution in [-0.4, -0.2) is 66.3 Å². The molecule has 1 unspecified atom stereocenters. The number of hydrogen-bond acceptors (Lipinski definition) is 3. The van der Waals surface area contributed by atoms with Gasteiger partial charge in [-0.15, -0.1) is 0 Å². The Bertz CT molecular complexity index is 320. The molecule has 0 saturated carbocycles. The normalized spacial score (nSPS) is 19.6. The second kappa shape index (κ2) is 7.33. The van der Waals surface area contributed by atoms with Crippen molar-refractivity contribution in [3.05, 3.63) is 0 Å². The van der Waals surface area contributed by atoms with Crippen molar-refractivity contribution in [2.45, 2.75) is 32.7 Å². The number of hydrogen-bond donors (Lipinski definition) is 1. The van der Waals surface area contributed by atoms with E-state index in [0.717, 1.165) is 6.42 Å². The highest BCUT2D eigenvalue weighted by Gasteiger charge is 2.31. The van der Waals surface area contributed by atoms with Crippen LogP contribution < -0.4 is 0 Å². The minimum Gasteiger partial charge on any atom is -0.481 e. The molecule has 0 aromatic carbocycles. The fourth-order valence-electron chi connectivity index (χ4n) is 2.30. The van der Waals surface area contributed by atoms with Gasteiger partial charge in [0.1, 0.15) is 0 Å². The summed E-state index contributed by atoms with van der Waals surface area (Å²) in [5.41, 5.74) is 0. The molecule has 0 spiro atoms. The third-order valence-corrected chi connectivity index (χ3v) is 3.45. The van der Waals surface area contributed by atoms with Gasteiger partial charge in [0.25, 0.3) is 0 Å². The van der Waals surface area contributed by atoms with Gasteiger partial charge >= 0.3 is 12.0 Å². The zero-order valence-electron chi connectivity index (χ0n) is 12.0. The zero-order valence-corrected chi connectivity index (χ0v) is 12.0. The zero-order chi connectivity index (χ0) is 14.4. The summed E-state index contributed by atoms with van der Waals surface area (Å²) in [6.07, 6.45) is 1.40. The second-order valence-corrected chi connectivity index (χ2v) is 5.19. The monoisotopic (exact) mass is 272 g/mol. The Kier molecular flexibility index (Phi) is 6.08. The number of piperidine rings is 1. The summed E-state index contributed by atoms with van der Waals surface area (Å²) >= 11 is 0. The molecule has 1 saturated heterocycles. The van der Waals surface area contributed by atoms with Gasteiger partial charge in [-0.05, 0) is 26.7 Å². The first-order valence-electron chi connectivity index (χ1n) is 6.74. The van der Waals surface area contributed by atoms with E-state index in [0.29, 0.717) is 32.7 Å². The highest BCUT2D eigenvalue weighted by atomic mass is 16.5. The van der Waals surface area contributed by atoms with Gasteiger partial charge in [0.2, 0.25) is 0 Å². The van der Waals surface area contributed by atoms with Crippen LogP contribution in [-0.2, 0) is 9.53 Å². The number of aliphatic carboxylic acids is 1. The van der Waals surface area contributed by atoms with E-state index >= 15 is 0 Å². The number of rotatable bonds is 5. The molecular weight excluding hydrogens is 248 g/mol. The summed E-state index contributed by atoms with van der Waals surface area (Å²) in [6.45, 7) is 5.86. The van der Waals surface area contributed by atoms with E-state index in [9.17, 15) is 9.59 Å². The van der Waals surface area contributed by atoms with Gasteiger partial charge in [0, 0.05) is 32.8 Å². The van der Waals surface area contributed by atoms with Crippen molar-refractivity contribution in [2.75, 3.05) is 33.4 Å². The molecule has 2 amide bonds. The van der Waals surface area contributed by atoms with Crippen LogP contribution >= 0.6 is 0 Å². The molecule has 19 heavy (non-hydrogen) atoms. The van der Waals surface area contributed by atoms with Gasteiger partial charge in [0.05, 0.1) is 12.5 Å². The van der Waals surface area contributed by atoms with Crippen molar-refractivity contribution in [1.82, 2.24) is 9.80 Å². The van der Waals surface area contributed by atoms with Gasteiger partial charge in [0.15, 0.2) is 0 Å². The molecule has 1 atom stereocenters. The highest BCUT2D eigenvalue weighted by Crippen LogP contribution is 2.18. The topological polar surface area (TPSA) is 70.1 Å². The summed E-state index contributed by atoms with van der Waals surface area (Å²) in [5.74, 6) is -1.25. The molecule has 1 aliphatic heterocycles. The van der Waals surface area contributed by atoms with Crippen LogP contribution in [0.1, 0.15) is 26.7 Å². The number of likely N-dealkylation sites (tertiary alicyclic amines) is 1. The average Bonchev–Trinajstić information content (AvgIpc) is 2.38. The Morgan fingerprint density at radius 2 is 2.16 bits per heavy atom. The number of ether oxygens (including phenoxy) is 1. The number of methoxy groups -OCH3 is 1. The largest absolute Gasteiger partial charge is 0.481 e. The maximum atomic E-state index is 12.4. The van der Waals surface area contributed by atoms with Crippen LogP contribution in [0.3, 0.4) is 0 Å². The maximum absolute atomic E-state index is 12.4. The number of carboxylic acid groups (broad SMARTS) is 1. The van der Waals surface area contributed by atoms with Crippen molar-refractivity contribution in [3.8, 4) is 0 Å². The van der Waals surface area contributed by atoms with Crippen LogP contribution in [0, 0.1) is 5.92 Å². The standard InChI is InChI=1S/C13H24N2O4/c1-10(2)15(7-8-19-3)13(18)14-6-4-5-11(9-14)12(16)17/h10-11H,4-9H2,1-3H3,(H,16,17). The van der Waals surface area contributed by atoms with Gasteiger partial charge < -0.3 is 19.6 Å². The lowest BCUT2D eigenvalue weighted by atomic mass is 9.98. The lowest BCUT2D eigenvalue weighted by Gasteiger charge is -2.36. The summed E-state index contributed by atoms with van der Waals surface area (Å²) in [5, 5.41) is 9.06. The molecule has 6 heteroatoms. The van der Waals surface area contributed by atoms with E-state index in [2.05, 4.69) is 0 Å². The molecule has 0 aromatic rings. The van der Waals surface area contributed by atoms with Crippen LogP contribution in [0.5, 0.6) is 0 Å². The van der Waals surface area contributed by atoms with E-state index in [1.54, 1.807) is 16.9 Å². The number of amides is 2. The fraction of sp³-hybridized carbons (Fsp3) is 0.846. The van der Waals surface area contributed by atoms with Gasteiger partial charge in [-0.25, -0.2) is 4.79 Å². The molecule has 1 rings (SSSR count). The smallest absolute Gasteiger partial charge is 0.320 e. The maximum Gasteiger partial charge on any atom is 0.320 e. The quantitative estimate of drug-likeness (QED) is 0.818. The molecular formula is C13H24N2O4. The Morgan fingerprint density at radius 3 is 2.68 bits per heavy atom. The predicted molar refractivity (Wildman–Crippen MR) is 71.0 cm³/mol. The number of carboxylic acids is 1. The van der Waals surface area contributed by atoms with Crippen LogP contribution in [0.15, 0.2) is 0 Å². The molecule has 0 bridgehead atoms. The molecule has 6 nitrogen and oxygen atoms in total. The molecule has 1 heterocycles. The van der Waals surface area contributed by atoms with E-state index in [-0.39, 0.29) is 12.1 Å². The minimum atomic E-state index is -0.814. The number of nitrogens with zero attached hydrogens (tertiary/aromatic N) is 2. The molecule has 1 N–H and O–H groups in total. The van der Waals surface area contributed by atoms with Crippen molar-refractivity contribution in [3.63, 3.8) is 0 Å². The fourth-order valence-corrected chi connectivity index (χ4v) is 2.30. The van der Waals surface area contributed by atoms with E-state index in [1.807, 2.05) is 13.8 Å². The number of carbonyl (C=O) groups excluding carboxylic acids is 1. The summed E-state index contributed by atoms with van der Waals surface area (Å²) in [7, 11) is 1.60. The molecule has 0 aromatic heterocycles. The second-order valence-electron chi connectivity index (χ2n) is 5.19. The SMILES string of the molecule is COCCN(C(=O)N1CCCC(C(=O)O)C1)C(C)C. The van der Waals surface area contributed by atoms with Gasteiger partial charge in [-0.3, -0.25) is 4.79 Å². The Labute approximate surface area is 114 Å². The third kappa shape index (κ3) is 4.38. The predicted octanol–water partition coefficient (Wildman–Crippen LogP) is 1.26. The third-order valence-electron chi connectivity index (χ3n) is 3.45. The molecule has 1 fully saturated rings. The van der Waals surface area contributed by atoms with Crippen LogP contribution in [0.25, 0.3) is 0 Å². The first-order valence-corrected chi connectivity index (χ1v) is 6.74. The molecule has 0 aliphatic carbocycles. The van der Waals surface area contributed by atoms with Crippen LogP contribution in [0.4, 0.5) is 4.79 Å². The summed E-state index contributed by atoms with van der Waals surface area (Å²) in [4.78, 5) is 26.8. The molecule has 0 radical (unpaired) electrons. The van der Waals surface area contributed by atoms with E-state index in [4.69, 9.17) is 9.84 Å². The van der Waals surface area contributed by atoms with Crippen LogP contribution in [0.2, 0.25) is 0 Å². The molecule has 1 aliphatic rings. The lowest BCUT2D eigenvalue weighted by Crippen LogP contribution is -2.51. The first-order chi connectivity index (χ1) is 8.97. The highest BCUT2D eigenvalue weighted by molar-refractivity contribution is 5.77. The van der Waals surface area contributed by atoms with Crippen molar-refractivity contribution in [2.24, 2.45) is 5.92 Å². The number of urea groups is 1. The number of carbonyl (C=O) groups is 2. The van der Waals surface area contributed by atoms with Crippen molar-refractivity contribution >= 4 is 12.0 Å². The average molecular weight is 272 g/mol. The summed E-state index contributed by atoms with van der Waals surface area (Å²) in [6, 6.07) is -0.00847. The Balaban J connectivity index is 2.65. The van der Waals surface area contributed by atoms with E-state index < -0.39 is 11.9 Å². The molecule has 110 valence electrons.